The third-order valence-corrected chi connectivity index (χ3v) is 4.04. The van der Waals surface area contributed by atoms with Gasteiger partial charge in [0.15, 0.2) is 0 Å². The molecule has 0 aromatic heterocycles. The molecule has 23 heavy (non-hydrogen) atoms. The van der Waals surface area contributed by atoms with Crippen molar-refractivity contribution in [3.63, 3.8) is 0 Å². The fourth-order valence-corrected chi connectivity index (χ4v) is 2.75. The van der Waals surface area contributed by atoms with Gasteiger partial charge in [-0.2, -0.15) is 0 Å². The van der Waals surface area contributed by atoms with Gasteiger partial charge in [-0.3, -0.25) is 9.59 Å². The van der Waals surface area contributed by atoms with Gasteiger partial charge in [0.05, 0.1) is 0 Å². The van der Waals surface area contributed by atoms with Crippen LogP contribution in [0.2, 0.25) is 0 Å². The Labute approximate surface area is 133 Å². The summed E-state index contributed by atoms with van der Waals surface area (Å²) in [5, 5.41) is 2.79. The molecule has 0 saturated carbocycles. The summed E-state index contributed by atoms with van der Waals surface area (Å²) < 4.78 is 13.0. The van der Waals surface area contributed by atoms with Gasteiger partial charge < -0.3 is 10.2 Å². The van der Waals surface area contributed by atoms with E-state index in [0.717, 1.165) is 5.56 Å². The first kappa shape index (κ1) is 15.2. The number of amides is 2. The Morgan fingerprint density at radius 3 is 2.57 bits per heavy atom. The maximum absolute atomic E-state index is 13.0. The lowest BCUT2D eigenvalue weighted by Gasteiger charge is -2.17. The molecule has 2 aromatic rings. The number of nitrogens with one attached hydrogen (secondary N) is 1. The van der Waals surface area contributed by atoms with Crippen molar-refractivity contribution in [3.8, 4) is 0 Å². The van der Waals surface area contributed by atoms with Gasteiger partial charge >= 0.3 is 0 Å². The molecule has 0 aliphatic carbocycles. The van der Waals surface area contributed by atoms with Crippen LogP contribution in [-0.4, -0.2) is 24.4 Å². The largest absolute Gasteiger partial charge is 0.340 e. The van der Waals surface area contributed by atoms with Crippen LogP contribution in [0.15, 0.2) is 48.5 Å². The molecule has 0 bridgehead atoms. The van der Waals surface area contributed by atoms with Crippen LogP contribution in [0.25, 0.3) is 0 Å². The monoisotopic (exact) mass is 312 g/mol. The van der Waals surface area contributed by atoms with Crippen molar-refractivity contribution in [2.24, 2.45) is 0 Å². The van der Waals surface area contributed by atoms with E-state index in [0.29, 0.717) is 24.2 Å². The van der Waals surface area contributed by atoms with Crippen LogP contribution in [0, 0.1) is 12.7 Å². The minimum atomic E-state index is -0.549. The van der Waals surface area contributed by atoms with Crippen LogP contribution < -0.4 is 10.2 Å². The van der Waals surface area contributed by atoms with E-state index in [4.69, 9.17) is 0 Å². The molecule has 0 unspecified atom stereocenters. The Bertz CT molecular complexity index is 743. The standard InChI is InChI=1S/C18H17FN2O2/c1-12-4-2-3-5-15(12)17(22)20-16-10-11-21(18(16)23)14-8-6-13(19)7-9-14/h2-9,16H,10-11H2,1H3,(H,20,22)/t16-/m0/s1. The fraction of sp³-hybridized carbons (Fsp3) is 0.222. The summed E-state index contributed by atoms with van der Waals surface area (Å²) in [4.78, 5) is 26.4. The van der Waals surface area contributed by atoms with Gasteiger partial charge in [-0.15, -0.1) is 0 Å². The van der Waals surface area contributed by atoms with Gasteiger partial charge in [0.25, 0.3) is 5.91 Å². The maximum Gasteiger partial charge on any atom is 0.252 e. The summed E-state index contributed by atoms with van der Waals surface area (Å²) >= 11 is 0. The second-order valence-corrected chi connectivity index (χ2v) is 5.60. The topological polar surface area (TPSA) is 49.4 Å². The van der Waals surface area contributed by atoms with E-state index in [9.17, 15) is 14.0 Å². The van der Waals surface area contributed by atoms with Crippen LogP contribution in [0.3, 0.4) is 0 Å². The Morgan fingerprint density at radius 2 is 1.87 bits per heavy atom. The number of hydrogen-bond acceptors (Lipinski definition) is 2. The van der Waals surface area contributed by atoms with Crippen LogP contribution in [-0.2, 0) is 4.79 Å². The van der Waals surface area contributed by atoms with E-state index in [-0.39, 0.29) is 17.6 Å². The second-order valence-electron chi connectivity index (χ2n) is 5.60. The summed E-state index contributed by atoms with van der Waals surface area (Å²) in [6, 6.07) is 12.5. The lowest BCUT2D eigenvalue weighted by Crippen LogP contribution is -2.41. The van der Waals surface area contributed by atoms with Gasteiger partial charge in [-0.1, -0.05) is 18.2 Å². The molecule has 1 atom stereocenters. The zero-order valence-corrected chi connectivity index (χ0v) is 12.8. The number of carbonyl (C=O) groups is 2. The van der Waals surface area contributed by atoms with E-state index in [1.165, 1.54) is 12.1 Å². The molecular formula is C18H17FN2O2. The van der Waals surface area contributed by atoms with E-state index in [2.05, 4.69) is 5.32 Å². The average molecular weight is 312 g/mol. The van der Waals surface area contributed by atoms with Crippen molar-refractivity contribution in [1.29, 1.82) is 0 Å². The lowest BCUT2D eigenvalue weighted by molar-refractivity contribution is -0.118. The van der Waals surface area contributed by atoms with E-state index < -0.39 is 6.04 Å². The van der Waals surface area contributed by atoms with Gasteiger partial charge in [0.1, 0.15) is 11.9 Å². The van der Waals surface area contributed by atoms with Gasteiger partial charge in [0.2, 0.25) is 5.91 Å². The summed E-state index contributed by atoms with van der Waals surface area (Å²) in [5.74, 6) is -0.759. The number of rotatable bonds is 3. The molecule has 3 rings (SSSR count). The SMILES string of the molecule is Cc1ccccc1C(=O)N[C@H]1CCN(c2ccc(F)cc2)C1=O. The van der Waals surface area contributed by atoms with Crippen molar-refractivity contribution < 1.29 is 14.0 Å². The van der Waals surface area contributed by atoms with E-state index >= 15 is 0 Å². The van der Waals surface area contributed by atoms with Crippen molar-refractivity contribution >= 4 is 17.5 Å². The molecule has 0 spiro atoms. The number of hydrogen-bond donors (Lipinski definition) is 1. The quantitative estimate of drug-likeness (QED) is 0.947. The first-order valence-electron chi connectivity index (χ1n) is 7.49. The normalized spacial score (nSPS) is 17.4. The highest BCUT2D eigenvalue weighted by molar-refractivity contribution is 6.04. The van der Waals surface area contributed by atoms with Crippen molar-refractivity contribution in [2.45, 2.75) is 19.4 Å². The molecule has 2 amide bonds. The van der Waals surface area contributed by atoms with Crippen molar-refractivity contribution in [2.75, 3.05) is 11.4 Å². The highest BCUT2D eigenvalue weighted by Crippen LogP contribution is 2.22. The summed E-state index contributed by atoms with van der Waals surface area (Å²) in [7, 11) is 0. The predicted molar refractivity (Wildman–Crippen MR) is 85.8 cm³/mol. The third kappa shape index (κ3) is 3.08. The minimum Gasteiger partial charge on any atom is -0.340 e. The van der Waals surface area contributed by atoms with Crippen molar-refractivity contribution in [1.82, 2.24) is 5.32 Å². The third-order valence-electron chi connectivity index (χ3n) is 4.04. The lowest BCUT2D eigenvalue weighted by atomic mass is 10.1. The molecule has 1 aliphatic rings. The Kier molecular flexibility index (Phi) is 4.10. The first-order chi connectivity index (χ1) is 11.1. The van der Waals surface area contributed by atoms with Gasteiger partial charge in [-0.25, -0.2) is 4.39 Å². The summed E-state index contributed by atoms with van der Waals surface area (Å²) in [5.41, 5.74) is 2.08. The van der Waals surface area contributed by atoms with E-state index in [1.807, 2.05) is 19.1 Å². The molecular weight excluding hydrogens is 295 g/mol. The summed E-state index contributed by atoms with van der Waals surface area (Å²) in [6.07, 6.45) is 0.536. The number of aryl methyl sites for hydroxylation is 1. The van der Waals surface area contributed by atoms with Gasteiger partial charge in [-0.05, 0) is 49.2 Å². The zero-order valence-electron chi connectivity index (χ0n) is 12.8. The Balaban J connectivity index is 1.71. The average Bonchev–Trinajstić information content (AvgIpc) is 2.89. The number of anilines is 1. The molecule has 5 heteroatoms. The second kappa shape index (κ2) is 6.20. The first-order valence-corrected chi connectivity index (χ1v) is 7.49. The van der Waals surface area contributed by atoms with Crippen molar-refractivity contribution in [3.05, 3.63) is 65.5 Å². The molecule has 1 aliphatic heterocycles. The zero-order chi connectivity index (χ0) is 16.4. The molecule has 118 valence electrons. The molecule has 1 N–H and O–H groups in total. The highest BCUT2D eigenvalue weighted by atomic mass is 19.1. The predicted octanol–water partition coefficient (Wildman–Crippen LogP) is 2.67. The van der Waals surface area contributed by atoms with Crippen LogP contribution in [0.1, 0.15) is 22.3 Å². The van der Waals surface area contributed by atoms with Gasteiger partial charge in [0, 0.05) is 17.8 Å². The molecule has 1 fully saturated rings. The number of nitrogens with zero attached hydrogens (tertiary/aromatic N) is 1. The number of carbonyl (C=O) groups excluding carboxylic acids is 2. The molecule has 1 saturated heterocycles. The smallest absolute Gasteiger partial charge is 0.252 e. The number of halogens is 1. The Morgan fingerprint density at radius 1 is 1.17 bits per heavy atom. The highest BCUT2D eigenvalue weighted by Gasteiger charge is 2.33. The molecule has 2 aromatic carbocycles. The summed E-state index contributed by atoms with van der Waals surface area (Å²) in [6.45, 7) is 2.36. The Hall–Kier alpha value is -2.69. The van der Waals surface area contributed by atoms with Crippen LogP contribution in [0.5, 0.6) is 0 Å². The maximum atomic E-state index is 13.0. The van der Waals surface area contributed by atoms with Crippen LogP contribution >= 0.6 is 0 Å². The minimum absolute atomic E-state index is 0.168. The number of benzene rings is 2. The fourth-order valence-electron chi connectivity index (χ4n) is 2.75. The van der Waals surface area contributed by atoms with E-state index in [1.54, 1.807) is 29.2 Å². The molecule has 0 radical (unpaired) electrons. The molecule has 1 heterocycles. The van der Waals surface area contributed by atoms with Crippen LogP contribution in [0.4, 0.5) is 10.1 Å². The molecule has 4 nitrogen and oxygen atoms in total.